The van der Waals surface area contributed by atoms with E-state index in [4.69, 9.17) is 21.8 Å². The van der Waals surface area contributed by atoms with Gasteiger partial charge < -0.3 is 10.2 Å². The maximum Gasteiger partial charge on any atom is 0.103 e. The Bertz CT molecular complexity index is 162. The molecule has 3 heteroatoms. The van der Waals surface area contributed by atoms with Crippen LogP contribution >= 0.6 is 11.6 Å². The van der Waals surface area contributed by atoms with Gasteiger partial charge in [-0.1, -0.05) is 17.7 Å². The van der Waals surface area contributed by atoms with Crippen LogP contribution in [0.1, 0.15) is 0 Å². The smallest absolute Gasteiger partial charge is 0.103 e. The van der Waals surface area contributed by atoms with Crippen molar-refractivity contribution in [2.75, 3.05) is 0 Å². The Morgan fingerprint density at radius 3 is 2.44 bits per heavy atom. The number of aliphatic hydroxyl groups excluding tert-OH is 2. The second kappa shape index (κ2) is 2.52. The molecule has 0 amide bonds. The first kappa shape index (κ1) is 6.81. The summed E-state index contributed by atoms with van der Waals surface area (Å²) in [5.74, 6) is 0. The van der Waals surface area contributed by atoms with Crippen molar-refractivity contribution in [3.8, 4) is 0 Å². The predicted octanol–water partition coefficient (Wildman–Crippen LogP) is 0.401. The molecule has 2 unspecified atom stereocenters. The van der Waals surface area contributed by atoms with E-state index in [9.17, 15) is 0 Å². The molecule has 2 N–H and O–H groups in total. The fourth-order valence-electron chi connectivity index (χ4n) is 0.622. The molecule has 50 valence electrons. The van der Waals surface area contributed by atoms with E-state index in [0.717, 1.165) is 0 Å². The summed E-state index contributed by atoms with van der Waals surface area (Å²) in [5, 5.41) is 18.2. The summed E-state index contributed by atoms with van der Waals surface area (Å²) in [6.45, 7) is 0. The number of aliphatic hydroxyl groups is 2. The van der Waals surface area contributed by atoms with Crippen LogP contribution in [0.2, 0.25) is 0 Å². The minimum atomic E-state index is -0.845. The lowest BCUT2D eigenvalue weighted by Crippen LogP contribution is -2.23. The third-order valence-corrected chi connectivity index (χ3v) is 1.38. The molecule has 0 bridgehead atoms. The number of hydrogen-bond acceptors (Lipinski definition) is 2. The standard InChI is InChI=1S/C6H7ClO2/c7-4-1-2-5(8)6(9)3-4/h1-3,5-6,8-9H. The number of hydrogen-bond donors (Lipinski definition) is 2. The normalized spacial score (nSPS) is 34.3. The first-order valence-electron chi connectivity index (χ1n) is 2.62. The monoisotopic (exact) mass is 146 g/mol. The van der Waals surface area contributed by atoms with Crippen molar-refractivity contribution < 1.29 is 10.2 Å². The molecule has 2 nitrogen and oxygen atoms in total. The van der Waals surface area contributed by atoms with Gasteiger partial charge >= 0.3 is 0 Å². The minimum absolute atomic E-state index is 0.466. The lowest BCUT2D eigenvalue weighted by Gasteiger charge is -2.13. The van der Waals surface area contributed by atoms with Gasteiger partial charge in [-0.25, -0.2) is 0 Å². The zero-order valence-corrected chi connectivity index (χ0v) is 5.42. The Balaban J connectivity index is 2.70. The third kappa shape index (κ3) is 1.55. The van der Waals surface area contributed by atoms with Crippen LogP contribution in [-0.2, 0) is 0 Å². The summed E-state index contributed by atoms with van der Waals surface area (Å²) in [4.78, 5) is 0. The molecule has 1 aliphatic rings. The van der Waals surface area contributed by atoms with Gasteiger partial charge in [0.25, 0.3) is 0 Å². The molecule has 0 aromatic rings. The number of halogens is 1. The van der Waals surface area contributed by atoms with Gasteiger partial charge in [0.05, 0.1) is 0 Å². The van der Waals surface area contributed by atoms with E-state index in [1.165, 1.54) is 12.2 Å². The van der Waals surface area contributed by atoms with Gasteiger partial charge in [-0.2, -0.15) is 0 Å². The van der Waals surface area contributed by atoms with E-state index >= 15 is 0 Å². The van der Waals surface area contributed by atoms with Crippen LogP contribution in [0.15, 0.2) is 23.3 Å². The van der Waals surface area contributed by atoms with Gasteiger partial charge in [-0.05, 0) is 12.2 Å². The van der Waals surface area contributed by atoms with Crippen molar-refractivity contribution in [1.82, 2.24) is 0 Å². The van der Waals surface area contributed by atoms with Gasteiger partial charge in [0.1, 0.15) is 12.2 Å². The van der Waals surface area contributed by atoms with E-state index < -0.39 is 12.2 Å². The molecule has 0 heterocycles. The molecule has 0 aromatic heterocycles. The van der Waals surface area contributed by atoms with Crippen molar-refractivity contribution in [1.29, 1.82) is 0 Å². The highest BCUT2D eigenvalue weighted by atomic mass is 35.5. The fraction of sp³-hybridized carbons (Fsp3) is 0.333. The lowest BCUT2D eigenvalue weighted by atomic mass is 10.1. The maximum atomic E-state index is 8.89. The second-order valence-corrected chi connectivity index (χ2v) is 2.33. The predicted molar refractivity (Wildman–Crippen MR) is 35.1 cm³/mol. The molecule has 0 aromatic carbocycles. The minimum Gasteiger partial charge on any atom is -0.386 e. The van der Waals surface area contributed by atoms with Gasteiger partial charge in [0.2, 0.25) is 0 Å². The Morgan fingerprint density at radius 2 is 2.00 bits per heavy atom. The maximum absolute atomic E-state index is 8.89. The van der Waals surface area contributed by atoms with Crippen LogP contribution in [0.5, 0.6) is 0 Å². The molecule has 0 saturated carbocycles. The van der Waals surface area contributed by atoms with Crippen molar-refractivity contribution in [3.63, 3.8) is 0 Å². The summed E-state index contributed by atoms with van der Waals surface area (Å²) >= 11 is 5.48. The molecule has 0 fully saturated rings. The topological polar surface area (TPSA) is 40.5 Å². The van der Waals surface area contributed by atoms with Crippen molar-refractivity contribution >= 4 is 11.6 Å². The number of allylic oxidation sites excluding steroid dienone is 2. The number of rotatable bonds is 0. The van der Waals surface area contributed by atoms with Crippen molar-refractivity contribution in [3.05, 3.63) is 23.3 Å². The average molecular weight is 147 g/mol. The molecule has 0 radical (unpaired) electrons. The zero-order chi connectivity index (χ0) is 6.85. The van der Waals surface area contributed by atoms with Crippen molar-refractivity contribution in [2.45, 2.75) is 12.2 Å². The molecule has 2 atom stereocenters. The molecule has 0 aliphatic heterocycles. The fourth-order valence-corrected chi connectivity index (χ4v) is 0.823. The van der Waals surface area contributed by atoms with E-state index in [1.54, 1.807) is 6.08 Å². The van der Waals surface area contributed by atoms with Crippen LogP contribution in [0.25, 0.3) is 0 Å². The Labute approximate surface area is 58.1 Å². The summed E-state index contributed by atoms with van der Waals surface area (Å²) in [5.41, 5.74) is 0. The van der Waals surface area contributed by atoms with Gasteiger partial charge in [0, 0.05) is 5.03 Å². The lowest BCUT2D eigenvalue weighted by molar-refractivity contribution is 0.0791. The summed E-state index contributed by atoms with van der Waals surface area (Å²) in [6, 6.07) is 0. The summed E-state index contributed by atoms with van der Waals surface area (Å²) in [6.07, 6.45) is 2.76. The molecular formula is C6H7ClO2. The average Bonchev–Trinajstić information content (AvgIpc) is 1.80. The summed E-state index contributed by atoms with van der Waals surface area (Å²) in [7, 11) is 0. The Morgan fingerprint density at radius 1 is 1.33 bits per heavy atom. The molecule has 1 rings (SSSR count). The Kier molecular flexibility index (Phi) is 1.90. The van der Waals surface area contributed by atoms with E-state index in [0.29, 0.717) is 5.03 Å². The highest BCUT2D eigenvalue weighted by molar-refractivity contribution is 6.31. The quantitative estimate of drug-likeness (QED) is 0.520. The van der Waals surface area contributed by atoms with Crippen LogP contribution in [-0.4, -0.2) is 22.4 Å². The highest BCUT2D eigenvalue weighted by Gasteiger charge is 2.13. The molecule has 1 aliphatic carbocycles. The molecule has 0 spiro atoms. The van der Waals surface area contributed by atoms with Crippen LogP contribution in [0.4, 0.5) is 0 Å². The SMILES string of the molecule is OC1C=CC(Cl)=CC1O. The van der Waals surface area contributed by atoms with E-state index in [1.807, 2.05) is 0 Å². The largest absolute Gasteiger partial charge is 0.386 e. The second-order valence-electron chi connectivity index (χ2n) is 1.89. The van der Waals surface area contributed by atoms with Gasteiger partial charge in [-0.15, -0.1) is 0 Å². The highest BCUT2D eigenvalue weighted by Crippen LogP contribution is 2.13. The zero-order valence-electron chi connectivity index (χ0n) is 4.66. The molecule has 0 saturated heterocycles. The molecule has 9 heavy (non-hydrogen) atoms. The first-order valence-corrected chi connectivity index (χ1v) is 2.99. The van der Waals surface area contributed by atoms with Crippen molar-refractivity contribution in [2.24, 2.45) is 0 Å². The van der Waals surface area contributed by atoms with Gasteiger partial charge in [-0.3, -0.25) is 0 Å². The van der Waals surface area contributed by atoms with E-state index in [2.05, 4.69) is 0 Å². The third-order valence-electron chi connectivity index (χ3n) is 1.13. The van der Waals surface area contributed by atoms with Crippen LogP contribution < -0.4 is 0 Å². The van der Waals surface area contributed by atoms with Gasteiger partial charge in [0.15, 0.2) is 0 Å². The summed E-state index contributed by atoms with van der Waals surface area (Å²) < 4.78 is 0. The van der Waals surface area contributed by atoms with E-state index in [-0.39, 0.29) is 0 Å². The Hall–Kier alpha value is -0.310. The van der Waals surface area contributed by atoms with Crippen LogP contribution in [0, 0.1) is 0 Å². The van der Waals surface area contributed by atoms with Crippen LogP contribution in [0.3, 0.4) is 0 Å². The molecular weight excluding hydrogens is 140 g/mol. The first-order chi connectivity index (χ1) is 4.20.